The van der Waals surface area contributed by atoms with Gasteiger partial charge in [0, 0.05) is 9.43 Å². The second-order valence-electron chi connectivity index (χ2n) is 2.64. The van der Waals surface area contributed by atoms with E-state index >= 15 is 0 Å². The van der Waals surface area contributed by atoms with E-state index in [-0.39, 0.29) is 0 Å². The molecular weight excluding hydrogens is 263 g/mol. The summed E-state index contributed by atoms with van der Waals surface area (Å²) in [4.78, 5) is 1.17. The Morgan fingerprint density at radius 1 is 1.29 bits per heavy atom. The highest BCUT2D eigenvalue weighted by Crippen LogP contribution is 2.30. The maximum atomic E-state index is 12.0. The lowest BCUT2D eigenvalue weighted by Crippen LogP contribution is -2.18. The highest BCUT2D eigenvalue weighted by atomic mass is 32.2. The third-order valence-corrected chi connectivity index (χ3v) is 2.68. The first-order chi connectivity index (χ1) is 7.76. The van der Waals surface area contributed by atoms with Crippen molar-refractivity contribution >= 4 is 10.0 Å². The second kappa shape index (κ2) is 4.52. The fraction of sp³-hybridized carbons (Fsp3) is 0.143. The molecule has 1 aromatic carbocycles. The summed E-state index contributed by atoms with van der Waals surface area (Å²) in [5, 5.41) is 0. The van der Waals surface area contributed by atoms with E-state index in [2.05, 4.69) is 9.26 Å². The standard InChI is InChI=1S/C7H4F3N3O3S/c8-7(9,10)16-5-3-1-2-4-6(5)17(14,15)13-12-11/h1-4H. The summed E-state index contributed by atoms with van der Waals surface area (Å²) in [5.74, 6) is -0.951. The zero-order chi connectivity index (χ0) is 13.1. The van der Waals surface area contributed by atoms with E-state index in [4.69, 9.17) is 5.53 Å². The first-order valence-electron chi connectivity index (χ1n) is 3.92. The van der Waals surface area contributed by atoms with Crippen LogP contribution in [0.4, 0.5) is 13.2 Å². The van der Waals surface area contributed by atoms with E-state index in [9.17, 15) is 21.6 Å². The zero-order valence-electron chi connectivity index (χ0n) is 7.92. The van der Waals surface area contributed by atoms with Crippen LogP contribution in [0, 0.1) is 0 Å². The third kappa shape index (κ3) is 3.54. The van der Waals surface area contributed by atoms with Crippen LogP contribution >= 0.6 is 0 Å². The van der Waals surface area contributed by atoms with Gasteiger partial charge in [-0.25, -0.2) is 8.42 Å². The van der Waals surface area contributed by atoms with Crippen molar-refractivity contribution in [2.75, 3.05) is 0 Å². The van der Waals surface area contributed by atoms with Crippen molar-refractivity contribution in [3.05, 3.63) is 34.7 Å². The Kier molecular flexibility index (Phi) is 3.49. The number of ether oxygens (including phenoxy) is 1. The van der Waals surface area contributed by atoms with Crippen molar-refractivity contribution in [2.45, 2.75) is 11.3 Å². The van der Waals surface area contributed by atoms with Crippen LogP contribution in [0.15, 0.2) is 33.7 Å². The van der Waals surface area contributed by atoms with E-state index in [1.807, 2.05) is 4.91 Å². The van der Waals surface area contributed by atoms with Crippen molar-refractivity contribution in [1.29, 1.82) is 0 Å². The van der Waals surface area contributed by atoms with Crippen molar-refractivity contribution in [3.63, 3.8) is 0 Å². The van der Waals surface area contributed by atoms with Crippen LogP contribution in [0.3, 0.4) is 0 Å². The lowest BCUT2D eigenvalue weighted by atomic mass is 10.3. The molecule has 0 aliphatic rings. The zero-order valence-corrected chi connectivity index (χ0v) is 8.73. The Morgan fingerprint density at radius 2 is 1.88 bits per heavy atom. The number of benzene rings is 1. The van der Waals surface area contributed by atoms with E-state index in [0.717, 1.165) is 18.2 Å². The second-order valence-corrected chi connectivity index (χ2v) is 4.19. The molecular formula is C7H4F3N3O3S. The molecule has 0 aliphatic heterocycles. The number of sulfonamides is 1. The molecule has 6 nitrogen and oxygen atoms in total. The molecule has 1 rings (SSSR count). The maximum Gasteiger partial charge on any atom is 0.573 e. The summed E-state index contributed by atoms with van der Waals surface area (Å²) in [6.07, 6.45) is -5.04. The van der Waals surface area contributed by atoms with Gasteiger partial charge < -0.3 is 4.74 Å². The molecule has 0 saturated carbocycles. The van der Waals surface area contributed by atoms with Crippen LogP contribution in [0.2, 0.25) is 0 Å². The number of rotatable bonds is 3. The van der Waals surface area contributed by atoms with Crippen molar-refractivity contribution in [3.8, 4) is 5.75 Å². The van der Waals surface area contributed by atoms with Crippen LogP contribution in [0.25, 0.3) is 10.4 Å². The number of nitrogens with zero attached hydrogens (tertiary/aromatic N) is 3. The number of hydrogen-bond acceptors (Lipinski definition) is 3. The number of halogens is 3. The number of hydrogen-bond donors (Lipinski definition) is 0. The van der Waals surface area contributed by atoms with Gasteiger partial charge in [-0.15, -0.1) is 13.2 Å². The summed E-state index contributed by atoms with van der Waals surface area (Å²) in [6.45, 7) is 0. The van der Waals surface area contributed by atoms with Gasteiger partial charge >= 0.3 is 6.36 Å². The highest BCUT2D eigenvalue weighted by molar-refractivity contribution is 7.90. The predicted octanol–water partition coefficient (Wildman–Crippen LogP) is 2.58. The molecule has 0 N–H and O–H groups in total. The van der Waals surface area contributed by atoms with Gasteiger partial charge in [-0.3, -0.25) is 0 Å². The van der Waals surface area contributed by atoms with Gasteiger partial charge in [0.15, 0.2) is 0 Å². The number of alkyl halides is 3. The first kappa shape index (κ1) is 13.1. The first-order valence-corrected chi connectivity index (χ1v) is 5.36. The average Bonchev–Trinajstić information content (AvgIpc) is 2.15. The minimum absolute atomic E-state index is 0.799. The molecule has 10 heteroatoms. The van der Waals surface area contributed by atoms with Gasteiger partial charge in [-0.05, 0) is 17.7 Å². The molecule has 92 valence electrons. The van der Waals surface area contributed by atoms with Crippen LogP contribution in [-0.2, 0) is 10.0 Å². The Labute approximate surface area is 93.3 Å². The van der Waals surface area contributed by atoms with E-state index in [1.165, 1.54) is 6.07 Å². The summed E-state index contributed by atoms with van der Waals surface area (Å²) in [7, 11) is -4.53. The van der Waals surface area contributed by atoms with Gasteiger partial charge in [-0.1, -0.05) is 12.1 Å². The molecule has 0 radical (unpaired) electrons. The number of azide groups is 1. The van der Waals surface area contributed by atoms with Gasteiger partial charge in [0.25, 0.3) is 10.0 Å². The normalized spacial score (nSPS) is 11.7. The monoisotopic (exact) mass is 267 g/mol. The van der Waals surface area contributed by atoms with Gasteiger partial charge in [0.2, 0.25) is 0 Å². The SMILES string of the molecule is [N-]=[N+]=NS(=O)(=O)c1ccccc1OC(F)(F)F. The predicted molar refractivity (Wildman–Crippen MR) is 49.5 cm³/mol. The van der Waals surface area contributed by atoms with Crippen molar-refractivity contribution in [1.82, 2.24) is 0 Å². The smallest absolute Gasteiger partial charge is 0.404 e. The molecule has 0 fully saturated rings. The lowest BCUT2D eigenvalue weighted by Gasteiger charge is -2.11. The van der Waals surface area contributed by atoms with Gasteiger partial charge in [0.1, 0.15) is 10.6 Å². The fourth-order valence-electron chi connectivity index (χ4n) is 0.964. The molecule has 0 atom stereocenters. The molecule has 0 aliphatic carbocycles. The van der Waals surface area contributed by atoms with Gasteiger partial charge in [-0.2, -0.15) is 0 Å². The molecule has 1 aromatic rings. The Hall–Kier alpha value is -1.93. The summed E-state index contributed by atoms with van der Waals surface area (Å²) >= 11 is 0. The maximum absolute atomic E-state index is 12.0. The van der Waals surface area contributed by atoms with E-state index < -0.39 is 27.0 Å². The largest absolute Gasteiger partial charge is 0.573 e. The molecule has 0 heterocycles. The highest BCUT2D eigenvalue weighted by Gasteiger charge is 2.33. The van der Waals surface area contributed by atoms with Crippen LogP contribution in [-0.4, -0.2) is 14.8 Å². The van der Waals surface area contributed by atoms with Crippen LogP contribution < -0.4 is 4.74 Å². The molecule has 0 aromatic heterocycles. The third-order valence-electron chi connectivity index (χ3n) is 1.50. The average molecular weight is 267 g/mol. The van der Waals surface area contributed by atoms with Crippen LogP contribution in [0.1, 0.15) is 0 Å². The van der Waals surface area contributed by atoms with Crippen LogP contribution in [0.5, 0.6) is 5.75 Å². The molecule has 0 amide bonds. The molecule has 0 spiro atoms. The fourth-order valence-corrected chi connectivity index (χ4v) is 1.76. The Bertz CT molecular complexity index is 563. The van der Waals surface area contributed by atoms with Gasteiger partial charge in [0.05, 0.1) is 0 Å². The lowest BCUT2D eigenvalue weighted by molar-refractivity contribution is -0.275. The molecule has 0 bridgehead atoms. The summed E-state index contributed by atoms with van der Waals surface area (Å²) in [5.41, 5.74) is 8.00. The molecule has 0 saturated heterocycles. The quantitative estimate of drug-likeness (QED) is 0.478. The summed E-state index contributed by atoms with van der Waals surface area (Å²) < 4.78 is 64.4. The topological polar surface area (TPSA) is 92.1 Å². The van der Waals surface area contributed by atoms with Crippen molar-refractivity contribution < 1.29 is 26.3 Å². The minimum Gasteiger partial charge on any atom is -0.404 e. The number of para-hydroxylation sites is 1. The Morgan fingerprint density at radius 3 is 2.41 bits per heavy atom. The van der Waals surface area contributed by atoms with E-state index in [0.29, 0.717) is 0 Å². The summed E-state index contributed by atoms with van der Waals surface area (Å²) in [6, 6.07) is 3.96. The van der Waals surface area contributed by atoms with E-state index in [1.54, 1.807) is 0 Å². The molecule has 17 heavy (non-hydrogen) atoms. The van der Waals surface area contributed by atoms with Crippen molar-refractivity contribution in [2.24, 2.45) is 4.52 Å². The minimum atomic E-state index is -5.04. The molecule has 0 unspecified atom stereocenters. The Balaban J connectivity index is 3.31.